The van der Waals surface area contributed by atoms with Gasteiger partial charge in [-0.15, -0.1) is 0 Å². The maximum atomic E-state index is 4.43. The van der Waals surface area contributed by atoms with Crippen molar-refractivity contribution >= 4 is 6.21 Å². The van der Waals surface area contributed by atoms with Crippen molar-refractivity contribution in [2.24, 2.45) is 10.4 Å². The maximum Gasteiger partial charge on any atom is 0.0504 e. The van der Waals surface area contributed by atoms with Gasteiger partial charge in [0.1, 0.15) is 0 Å². The maximum absolute atomic E-state index is 4.43. The lowest BCUT2D eigenvalue weighted by atomic mass is 9.68. The highest BCUT2D eigenvalue weighted by molar-refractivity contribution is 5.64. The Bertz CT molecular complexity index is 314. The summed E-state index contributed by atoms with van der Waals surface area (Å²) in [5.74, 6) is 0. The summed E-state index contributed by atoms with van der Waals surface area (Å²) < 4.78 is 0. The van der Waals surface area contributed by atoms with Crippen molar-refractivity contribution in [3.8, 4) is 0 Å². The molecule has 0 unspecified atom stereocenters. The van der Waals surface area contributed by atoms with Crippen LogP contribution in [0.25, 0.3) is 0 Å². The smallest absolute Gasteiger partial charge is 0.0504 e. The predicted molar refractivity (Wildman–Crippen MR) is 72.4 cm³/mol. The van der Waals surface area contributed by atoms with Gasteiger partial charge in [0.25, 0.3) is 0 Å². The minimum absolute atomic E-state index is 0.738. The van der Waals surface area contributed by atoms with Crippen molar-refractivity contribution in [3.63, 3.8) is 0 Å². The quantitative estimate of drug-likeness (QED) is 0.712. The van der Waals surface area contributed by atoms with Gasteiger partial charge in [0.2, 0.25) is 0 Å². The predicted octanol–water partition coefficient (Wildman–Crippen LogP) is 3.39. The number of rotatable bonds is 2. The van der Waals surface area contributed by atoms with Crippen LogP contribution < -0.4 is 0 Å². The monoisotopic (exact) mass is 232 g/mol. The molecule has 0 amide bonds. The van der Waals surface area contributed by atoms with Crippen LogP contribution in [0.1, 0.15) is 51.4 Å². The number of nitrogens with zero attached hydrogens (tertiary/aromatic N) is 2. The first-order valence-electron chi connectivity index (χ1n) is 7.30. The molecular formula is C15H24N2. The fourth-order valence-electron chi connectivity index (χ4n) is 3.73. The summed E-state index contributed by atoms with van der Waals surface area (Å²) in [4.78, 5) is 7.03. The number of hydrogen-bond acceptors (Lipinski definition) is 2. The second-order valence-corrected chi connectivity index (χ2v) is 6.08. The summed E-state index contributed by atoms with van der Waals surface area (Å²) >= 11 is 0. The standard InChI is InChI=1S/C15H24N2/c1-2-6-15(7-3-1)8-11-17(12-9-15)13-14-5-4-10-16-14/h5,10H,1-4,6-9,11-13H2. The highest BCUT2D eigenvalue weighted by Gasteiger charge is 2.35. The van der Waals surface area contributed by atoms with Crippen molar-refractivity contribution in [3.05, 3.63) is 11.8 Å². The lowest BCUT2D eigenvalue weighted by Crippen LogP contribution is -2.41. The third-order valence-corrected chi connectivity index (χ3v) is 4.93. The number of aliphatic imine (C=N–C) groups is 1. The second-order valence-electron chi connectivity index (χ2n) is 6.08. The normalized spacial score (nSPS) is 28.6. The van der Waals surface area contributed by atoms with Gasteiger partial charge < -0.3 is 0 Å². The Morgan fingerprint density at radius 2 is 1.82 bits per heavy atom. The van der Waals surface area contributed by atoms with Crippen LogP contribution in [-0.2, 0) is 0 Å². The number of hydrogen-bond donors (Lipinski definition) is 0. The molecule has 0 atom stereocenters. The lowest BCUT2D eigenvalue weighted by Gasteiger charge is -2.44. The molecule has 2 fully saturated rings. The Balaban J connectivity index is 1.51. The zero-order valence-corrected chi connectivity index (χ0v) is 10.8. The summed E-state index contributed by atoms with van der Waals surface area (Å²) in [7, 11) is 0. The molecule has 2 nitrogen and oxygen atoms in total. The first-order chi connectivity index (χ1) is 8.36. The molecule has 17 heavy (non-hydrogen) atoms. The Hall–Kier alpha value is -0.630. The summed E-state index contributed by atoms with van der Waals surface area (Å²) in [5.41, 5.74) is 2.03. The van der Waals surface area contributed by atoms with Gasteiger partial charge in [0.05, 0.1) is 5.70 Å². The van der Waals surface area contributed by atoms with Gasteiger partial charge in [-0.25, -0.2) is 0 Å². The molecule has 0 N–H and O–H groups in total. The molecule has 1 saturated heterocycles. The fourth-order valence-corrected chi connectivity index (χ4v) is 3.73. The molecule has 1 aliphatic carbocycles. The molecule has 3 aliphatic rings. The highest BCUT2D eigenvalue weighted by atomic mass is 15.1. The molecule has 1 saturated carbocycles. The Kier molecular flexibility index (Phi) is 3.32. The Labute approximate surface area is 105 Å². The van der Waals surface area contributed by atoms with E-state index in [0.717, 1.165) is 18.4 Å². The first-order valence-corrected chi connectivity index (χ1v) is 7.30. The fraction of sp³-hybridized carbons (Fsp3) is 0.800. The lowest BCUT2D eigenvalue weighted by molar-refractivity contribution is 0.0724. The van der Waals surface area contributed by atoms with Crippen molar-refractivity contribution < 1.29 is 0 Å². The molecule has 0 aromatic carbocycles. The molecule has 1 spiro atoms. The number of likely N-dealkylation sites (tertiary alicyclic amines) is 1. The van der Waals surface area contributed by atoms with Crippen molar-refractivity contribution in [2.75, 3.05) is 19.6 Å². The van der Waals surface area contributed by atoms with Gasteiger partial charge in [-0.05, 0) is 44.2 Å². The van der Waals surface area contributed by atoms with Gasteiger partial charge in [-0.1, -0.05) is 25.3 Å². The molecule has 2 heterocycles. The van der Waals surface area contributed by atoms with E-state index in [2.05, 4.69) is 16.0 Å². The van der Waals surface area contributed by atoms with E-state index >= 15 is 0 Å². The Morgan fingerprint density at radius 3 is 2.47 bits per heavy atom. The molecule has 0 bridgehead atoms. The molecule has 94 valence electrons. The van der Waals surface area contributed by atoms with Crippen LogP contribution in [0.3, 0.4) is 0 Å². The molecule has 0 aromatic rings. The topological polar surface area (TPSA) is 15.6 Å². The van der Waals surface area contributed by atoms with E-state index in [9.17, 15) is 0 Å². The van der Waals surface area contributed by atoms with Gasteiger partial charge in [0, 0.05) is 19.2 Å². The largest absolute Gasteiger partial charge is 0.297 e. The Morgan fingerprint density at radius 1 is 1.06 bits per heavy atom. The summed E-state index contributed by atoms with van der Waals surface area (Å²) in [6.07, 6.45) is 15.7. The van der Waals surface area contributed by atoms with Crippen LogP contribution in [-0.4, -0.2) is 30.7 Å². The van der Waals surface area contributed by atoms with E-state index in [-0.39, 0.29) is 0 Å². The van der Waals surface area contributed by atoms with Gasteiger partial charge in [0.15, 0.2) is 0 Å². The van der Waals surface area contributed by atoms with Crippen LogP contribution in [0.5, 0.6) is 0 Å². The summed E-state index contributed by atoms with van der Waals surface area (Å²) in [6.45, 7) is 3.69. The van der Waals surface area contributed by atoms with Gasteiger partial charge in [-0.2, -0.15) is 0 Å². The molecule has 0 radical (unpaired) electrons. The highest BCUT2D eigenvalue weighted by Crippen LogP contribution is 2.44. The first kappa shape index (κ1) is 11.5. The third kappa shape index (κ3) is 2.62. The second kappa shape index (κ2) is 4.93. The zero-order valence-electron chi connectivity index (χ0n) is 10.8. The van der Waals surface area contributed by atoms with E-state index in [4.69, 9.17) is 0 Å². The van der Waals surface area contributed by atoms with E-state index in [1.54, 1.807) is 0 Å². The van der Waals surface area contributed by atoms with Gasteiger partial charge >= 0.3 is 0 Å². The van der Waals surface area contributed by atoms with Crippen LogP contribution in [0.2, 0.25) is 0 Å². The van der Waals surface area contributed by atoms with E-state index < -0.39 is 0 Å². The number of piperidine rings is 1. The average molecular weight is 232 g/mol. The average Bonchev–Trinajstić information content (AvgIpc) is 2.87. The molecular weight excluding hydrogens is 208 g/mol. The molecule has 0 aromatic heterocycles. The minimum atomic E-state index is 0.738. The van der Waals surface area contributed by atoms with E-state index in [1.807, 2.05) is 6.21 Å². The molecule has 2 heteroatoms. The van der Waals surface area contributed by atoms with Crippen LogP contribution >= 0.6 is 0 Å². The summed E-state index contributed by atoms with van der Waals surface area (Å²) in [5, 5.41) is 0. The SMILES string of the molecule is C1=NC(CN2CCC3(CCCCC3)CC2)=CC1. The third-order valence-electron chi connectivity index (χ3n) is 4.93. The summed E-state index contributed by atoms with van der Waals surface area (Å²) in [6, 6.07) is 0. The van der Waals surface area contributed by atoms with Crippen LogP contribution in [0.15, 0.2) is 16.8 Å². The van der Waals surface area contributed by atoms with Crippen molar-refractivity contribution in [1.82, 2.24) is 4.90 Å². The minimum Gasteiger partial charge on any atom is -0.297 e. The van der Waals surface area contributed by atoms with Crippen molar-refractivity contribution in [1.29, 1.82) is 0 Å². The zero-order chi connectivity index (χ0) is 11.6. The van der Waals surface area contributed by atoms with Crippen LogP contribution in [0.4, 0.5) is 0 Å². The molecule has 3 rings (SSSR count). The van der Waals surface area contributed by atoms with E-state index in [0.29, 0.717) is 0 Å². The number of allylic oxidation sites excluding steroid dienone is 1. The molecule has 2 aliphatic heterocycles. The van der Waals surface area contributed by atoms with Crippen molar-refractivity contribution in [2.45, 2.75) is 51.4 Å². The van der Waals surface area contributed by atoms with Crippen LogP contribution in [0, 0.1) is 5.41 Å². The van der Waals surface area contributed by atoms with Gasteiger partial charge in [-0.3, -0.25) is 9.89 Å². The van der Waals surface area contributed by atoms with E-state index in [1.165, 1.54) is 63.7 Å².